The van der Waals surface area contributed by atoms with Crippen molar-refractivity contribution in [1.82, 2.24) is 0 Å². The molecule has 0 radical (unpaired) electrons. The first-order valence-electron chi connectivity index (χ1n) is 1.79. The number of rotatable bonds is 1. The highest BCUT2D eigenvalue weighted by molar-refractivity contribution is 8.74. The second kappa shape index (κ2) is 4.33. The lowest BCUT2D eigenvalue weighted by atomic mass is 10.9. The van der Waals surface area contributed by atoms with Gasteiger partial charge in [-0.2, -0.15) is 0 Å². The summed E-state index contributed by atoms with van der Waals surface area (Å²) in [6.45, 7) is 2.17. The summed E-state index contributed by atoms with van der Waals surface area (Å²) in [6.07, 6.45) is 0. The van der Waals surface area contributed by atoms with Crippen LogP contribution in [-0.2, 0) is 4.74 Å². The van der Waals surface area contributed by atoms with Gasteiger partial charge in [-0.05, 0) is 6.92 Å². The zero-order chi connectivity index (χ0) is 5.70. The van der Waals surface area contributed by atoms with E-state index in [-0.39, 0.29) is 5.30 Å². The van der Waals surface area contributed by atoms with E-state index >= 15 is 0 Å². The molecule has 0 aliphatic rings. The fraction of sp³-hybridized carbons (Fsp3) is 0.667. The first-order chi connectivity index (χ1) is 3.31. The molecule has 0 unspecified atom stereocenters. The molecule has 0 heterocycles. The molecule has 0 rings (SSSR count). The highest BCUT2D eigenvalue weighted by atomic mass is 33.1. The molecule has 42 valence electrons. The van der Waals surface area contributed by atoms with Gasteiger partial charge >= 0.3 is 5.30 Å². The van der Waals surface area contributed by atoms with Crippen LogP contribution >= 0.6 is 22.5 Å². The van der Waals surface area contributed by atoms with Crippen molar-refractivity contribution in [2.75, 3.05) is 6.61 Å². The second-order valence-corrected chi connectivity index (χ2v) is 1.84. The molecule has 4 heteroatoms. The van der Waals surface area contributed by atoms with E-state index in [2.05, 4.69) is 16.4 Å². The van der Waals surface area contributed by atoms with Gasteiger partial charge in [-0.3, -0.25) is 0 Å². The third-order valence-electron chi connectivity index (χ3n) is 0.337. The maximum absolute atomic E-state index is 10.1. The molecule has 0 saturated heterocycles. The summed E-state index contributed by atoms with van der Waals surface area (Å²) >= 11 is 3.59. The molecule has 0 aromatic rings. The highest BCUT2D eigenvalue weighted by Gasteiger charge is 1.93. The Balaban J connectivity index is 3.00. The molecule has 7 heavy (non-hydrogen) atoms. The zero-order valence-electron chi connectivity index (χ0n) is 3.88. The Hall–Kier alpha value is 0.170. The van der Waals surface area contributed by atoms with Crippen LogP contribution in [0.1, 0.15) is 6.92 Å². The topological polar surface area (TPSA) is 26.3 Å². The number of hydrogen-bond donors (Lipinski definition) is 1. The van der Waals surface area contributed by atoms with E-state index in [4.69, 9.17) is 0 Å². The predicted octanol–water partition coefficient (Wildman–Crippen LogP) is 1.72. The minimum absolute atomic E-state index is 0.342. The molecule has 0 atom stereocenters. The Morgan fingerprint density at radius 3 is 2.71 bits per heavy atom. The summed E-state index contributed by atoms with van der Waals surface area (Å²) in [4.78, 5) is 10.1. The van der Waals surface area contributed by atoms with Crippen LogP contribution in [0.3, 0.4) is 0 Å². The van der Waals surface area contributed by atoms with Gasteiger partial charge in [-0.25, -0.2) is 4.79 Å². The molecule has 0 aliphatic carbocycles. The third kappa shape index (κ3) is 4.01. The fourth-order valence-electron chi connectivity index (χ4n) is 0.144. The van der Waals surface area contributed by atoms with E-state index in [9.17, 15) is 4.79 Å². The molecule has 0 spiro atoms. The van der Waals surface area contributed by atoms with Crippen molar-refractivity contribution in [3.63, 3.8) is 0 Å². The maximum Gasteiger partial charge on any atom is 0.377 e. The third-order valence-corrected chi connectivity index (χ3v) is 1.05. The van der Waals surface area contributed by atoms with Crippen molar-refractivity contribution in [2.45, 2.75) is 6.92 Å². The van der Waals surface area contributed by atoms with Gasteiger partial charge in [0, 0.05) is 10.8 Å². The largest absolute Gasteiger partial charge is 0.457 e. The van der Waals surface area contributed by atoms with Gasteiger partial charge in [0.25, 0.3) is 0 Å². The van der Waals surface area contributed by atoms with Gasteiger partial charge in [-0.1, -0.05) is 11.7 Å². The molecule has 0 saturated carbocycles. The summed E-state index contributed by atoms with van der Waals surface area (Å²) in [5, 5.41) is -0.342. The molecular formula is C3H6O2S2. The lowest BCUT2D eigenvalue weighted by Gasteiger charge is -1.92. The SMILES string of the molecule is CCOC(=O)SS. The lowest BCUT2D eigenvalue weighted by Crippen LogP contribution is -1.91. The van der Waals surface area contributed by atoms with Crippen LogP contribution < -0.4 is 0 Å². The Bertz CT molecular complexity index is 64.0. The van der Waals surface area contributed by atoms with E-state index in [0.29, 0.717) is 6.61 Å². The molecule has 2 nitrogen and oxygen atoms in total. The highest BCUT2D eigenvalue weighted by Crippen LogP contribution is 2.07. The Morgan fingerprint density at radius 1 is 2.00 bits per heavy atom. The van der Waals surface area contributed by atoms with Crippen LogP contribution in [0.2, 0.25) is 0 Å². The summed E-state index contributed by atoms with van der Waals surface area (Å²) in [7, 11) is 0.783. The summed E-state index contributed by atoms with van der Waals surface area (Å²) in [6, 6.07) is 0. The molecule has 0 bridgehead atoms. The fourth-order valence-corrected chi connectivity index (χ4v) is 0.473. The van der Waals surface area contributed by atoms with Crippen LogP contribution in [0.15, 0.2) is 0 Å². The summed E-state index contributed by atoms with van der Waals surface area (Å²) in [5.74, 6) is 0. The van der Waals surface area contributed by atoms with Crippen molar-refractivity contribution >= 4 is 27.8 Å². The monoisotopic (exact) mass is 138 g/mol. The molecule has 0 aliphatic heterocycles. The van der Waals surface area contributed by atoms with E-state index < -0.39 is 0 Å². The molecule has 0 aromatic heterocycles. The van der Waals surface area contributed by atoms with Gasteiger partial charge in [0.05, 0.1) is 6.61 Å². The maximum atomic E-state index is 10.1. The zero-order valence-corrected chi connectivity index (χ0v) is 5.59. The minimum atomic E-state index is -0.342. The number of ether oxygens (including phenoxy) is 1. The van der Waals surface area contributed by atoms with Gasteiger partial charge in [-0.15, -0.1) is 0 Å². The van der Waals surface area contributed by atoms with Crippen LogP contribution in [0.25, 0.3) is 0 Å². The van der Waals surface area contributed by atoms with Crippen molar-refractivity contribution in [3.8, 4) is 0 Å². The predicted molar refractivity (Wildman–Crippen MR) is 33.6 cm³/mol. The van der Waals surface area contributed by atoms with E-state index in [1.54, 1.807) is 6.92 Å². The smallest absolute Gasteiger partial charge is 0.377 e. The minimum Gasteiger partial charge on any atom is -0.457 e. The Morgan fingerprint density at radius 2 is 2.57 bits per heavy atom. The molecule has 0 N–H and O–H groups in total. The first kappa shape index (κ1) is 7.17. The van der Waals surface area contributed by atoms with E-state index in [0.717, 1.165) is 10.8 Å². The van der Waals surface area contributed by atoms with Gasteiger partial charge in [0.2, 0.25) is 0 Å². The van der Waals surface area contributed by atoms with Gasteiger partial charge in [0.1, 0.15) is 0 Å². The van der Waals surface area contributed by atoms with Crippen molar-refractivity contribution in [1.29, 1.82) is 0 Å². The summed E-state index contributed by atoms with van der Waals surface area (Å²) in [5.41, 5.74) is 0. The summed E-state index contributed by atoms with van der Waals surface area (Å²) < 4.78 is 4.44. The normalized spacial score (nSPS) is 8.29. The lowest BCUT2D eigenvalue weighted by molar-refractivity contribution is 0.182. The van der Waals surface area contributed by atoms with Crippen molar-refractivity contribution in [3.05, 3.63) is 0 Å². The van der Waals surface area contributed by atoms with Gasteiger partial charge < -0.3 is 4.74 Å². The average molecular weight is 138 g/mol. The van der Waals surface area contributed by atoms with Crippen LogP contribution in [0, 0.1) is 0 Å². The number of thiol groups is 1. The van der Waals surface area contributed by atoms with E-state index in [1.165, 1.54) is 0 Å². The standard InChI is InChI=1S/C3H6O2S2/c1-2-5-3(4)7-6/h6H,2H2,1H3. The number of carbonyl (C=O) groups excluding carboxylic acids is 1. The van der Waals surface area contributed by atoms with Crippen LogP contribution in [0.5, 0.6) is 0 Å². The van der Waals surface area contributed by atoms with Crippen molar-refractivity contribution in [2.24, 2.45) is 0 Å². The number of carbonyl (C=O) groups is 1. The second-order valence-electron chi connectivity index (χ2n) is 0.774. The van der Waals surface area contributed by atoms with E-state index in [1.807, 2.05) is 0 Å². The molecule has 0 amide bonds. The van der Waals surface area contributed by atoms with Crippen LogP contribution in [0.4, 0.5) is 4.79 Å². The molecule has 0 aromatic carbocycles. The first-order valence-corrected chi connectivity index (χ1v) is 3.66. The Kier molecular flexibility index (Phi) is 4.44. The van der Waals surface area contributed by atoms with Gasteiger partial charge in [0.15, 0.2) is 0 Å². The quantitative estimate of drug-likeness (QED) is 0.339. The van der Waals surface area contributed by atoms with Crippen LogP contribution in [-0.4, -0.2) is 11.9 Å². The Labute approximate surface area is 51.4 Å². The van der Waals surface area contributed by atoms with Crippen molar-refractivity contribution < 1.29 is 9.53 Å². The molecule has 0 fully saturated rings. The average Bonchev–Trinajstić information content (AvgIpc) is 1.68. The molecular weight excluding hydrogens is 132 g/mol. The number of hydrogen-bond acceptors (Lipinski definition) is 4.